The van der Waals surface area contributed by atoms with E-state index in [4.69, 9.17) is 16.3 Å². The summed E-state index contributed by atoms with van der Waals surface area (Å²) in [6.45, 7) is 3.88. The molecule has 9 nitrogen and oxygen atoms in total. The number of fused-ring (bicyclic) bond motifs is 2. The van der Waals surface area contributed by atoms with Crippen molar-refractivity contribution in [1.82, 2.24) is 19.5 Å². The van der Waals surface area contributed by atoms with Crippen LogP contribution in [-0.2, 0) is 6.54 Å². The van der Waals surface area contributed by atoms with E-state index in [0.717, 1.165) is 15.8 Å². The monoisotopic (exact) mass is 607 g/mol. The first-order chi connectivity index (χ1) is 20.8. The summed E-state index contributed by atoms with van der Waals surface area (Å²) in [7, 11) is 0. The van der Waals surface area contributed by atoms with Gasteiger partial charge in [0.25, 0.3) is 5.56 Å². The van der Waals surface area contributed by atoms with Crippen molar-refractivity contribution >= 4 is 49.9 Å². The number of hydrogen-bond donors (Lipinski definition) is 1. The van der Waals surface area contributed by atoms with Crippen LogP contribution in [0.25, 0.3) is 43.4 Å². The normalized spacial score (nSPS) is 11.1. The highest BCUT2D eigenvalue weighted by atomic mass is 35.5. The lowest BCUT2D eigenvalue weighted by molar-refractivity contribution is 0.0699. The van der Waals surface area contributed by atoms with E-state index in [2.05, 4.69) is 21.0 Å². The molecule has 11 heteroatoms. The maximum atomic E-state index is 13.7. The molecule has 4 aromatic heterocycles. The van der Waals surface area contributed by atoms with Crippen LogP contribution in [0.4, 0.5) is 0 Å². The van der Waals surface area contributed by atoms with Crippen LogP contribution >= 0.6 is 22.9 Å². The lowest BCUT2D eigenvalue weighted by Gasteiger charge is -2.16. The number of pyridine rings is 2. The third-order valence-electron chi connectivity index (χ3n) is 7.22. The highest BCUT2D eigenvalue weighted by Crippen LogP contribution is 2.41. The molecular weight excluding hydrogens is 586 g/mol. The Morgan fingerprint density at radius 1 is 1.12 bits per heavy atom. The van der Waals surface area contributed by atoms with Crippen LogP contribution in [0.2, 0.25) is 5.02 Å². The summed E-state index contributed by atoms with van der Waals surface area (Å²) in [4.78, 5) is 38.6. The number of aromatic carboxylic acids is 1. The molecule has 0 amide bonds. The van der Waals surface area contributed by atoms with Crippen LogP contribution in [0, 0.1) is 25.2 Å². The summed E-state index contributed by atoms with van der Waals surface area (Å²) < 4.78 is 8.51. The maximum absolute atomic E-state index is 13.7. The number of aromatic nitrogens is 4. The number of nitrogens with zero attached hydrogens (tertiary/aromatic N) is 5. The maximum Gasteiger partial charge on any atom is 0.337 e. The van der Waals surface area contributed by atoms with Crippen LogP contribution < -0.4 is 10.3 Å². The Balaban J connectivity index is 1.36. The highest BCUT2D eigenvalue weighted by Gasteiger charge is 2.20. The highest BCUT2D eigenvalue weighted by molar-refractivity contribution is 7.18. The SMILES string of the molecule is Cc1ccc(-c2cc(Cl)ccc2OCCn2c(C)nc3cnc(-c4ccncc4)c(C#N)c3c2=O)c2scc(C(=O)O)c12. The van der Waals surface area contributed by atoms with E-state index in [-0.39, 0.29) is 35.2 Å². The van der Waals surface area contributed by atoms with E-state index in [0.29, 0.717) is 44.3 Å². The first kappa shape index (κ1) is 28.0. The molecule has 43 heavy (non-hydrogen) atoms. The molecule has 2 aromatic carbocycles. The molecule has 212 valence electrons. The Morgan fingerprint density at radius 2 is 1.91 bits per heavy atom. The zero-order valence-corrected chi connectivity index (χ0v) is 24.5. The van der Waals surface area contributed by atoms with E-state index in [9.17, 15) is 20.0 Å². The molecule has 0 saturated carbocycles. The molecule has 0 aliphatic carbocycles. The van der Waals surface area contributed by atoms with Gasteiger partial charge in [-0.1, -0.05) is 23.7 Å². The zero-order valence-electron chi connectivity index (χ0n) is 23.0. The summed E-state index contributed by atoms with van der Waals surface area (Å²) in [5.41, 5.74) is 3.80. The molecule has 4 heterocycles. The summed E-state index contributed by atoms with van der Waals surface area (Å²) in [5, 5.41) is 22.7. The number of carboxylic acid groups (broad SMARTS) is 1. The Morgan fingerprint density at radius 3 is 2.65 bits per heavy atom. The fourth-order valence-corrected chi connectivity index (χ4v) is 6.51. The molecular formula is C32H22ClN5O4S. The van der Waals surface area contributed by atoms with Gasteiger partial charge >= 0.3 is 5.97 Å². The summed E-state index contributed by atoms with van der Waals surface area (Å²) in [6.07, 6.45) is 4.70. The van der Waals surface area contributed by atoms with Gasteiger partial charge in [0, 0.05) is 49.6 Å². The number of thiophene rings is 1. The third kappa shape index (κ3) is 4.99. The van der Waals surface area contributed by atoms with Crippen LogP contribution in [0.15, 0.2) is 71.2 Å². The minimum Gasteiger partial charge on any atom is -0.491 e. The van der Waals surface area contributed by atoms with E-state index < -0.39 is 5.97 Å². The van der Waals surface area contributed by atoms with Crippen molar-refractivity contribution < 1.29 is 14.6 Å². The Bertz CT molecular complexity index is 2170. The van der Waals surface area contributed by atoms with Gasteiger partial charge < -0.3 is 9.84 Å². The van der Waals surface area contributed by atoms with Gasteiger partial charge in [-0.3, -0.25) is 19.3 Å². The Hall–Kier alpha value is -5.11. The first-order valence-corrected chi connectivity index (χ1v) is 14.4. The van der Waals surface area contributed by atoms with Crippen LogP contribution in [-0.4, -0.2) is 37.2 Å². The molecule has 0 atom stereocenters. The quantitative estimate of drug-likeness (QED) is 0.213. The second-order valence-electron chi connectivity index (χ2n) is 9.78. The average Bonchev–Trinajstić information content (AvgIpc) is 3.46. The number of nitriles is 1. The number of ether oxygens (including phenoxy) is 1. The van der Waals surface area contributed by atoms with Crippen LogP contribution in [0.5, 0.6) is 5.75 Å². The molecule has 0 unspecified atom stereocenters. The van der Waals surface area contributed by atoms with Gasteiger partial charge in [-0.15, -0.1) is 11.3 Å². The number of rotatable bonds is 7. The van der Waals surface area contributed by atoms with Crippen molar-refractivity contribution in [2.24, 2.45) is 0 Å². The molecule has 0 fully saturated rings. The molecule has 0 saturated heterocycles. The van der Waals surface area contributed by atoms with Gasteiger partial charge in [-0.25, -0.2) is 9.78 Å². The Labute approximate surface area is 254 Å². The summed E-state index contributed by atoms with van der Waals surface area (Å²) in [5.74, 6) is 0.00285. The van der Waals surface area contributed by atoms with Crippen LogP contribution in [0.1, 0.15) is 27.3 Å². The fraction of sp³-hybridized carbons (Fsp3) is 0.125. The summed E-state index contributed by atoms with van der Waals surface area (Å²) >= 11 is 7.74. The molecule has 6 rings (SSSR count). The van der Waals surface area contributed by atoms with E-state index >= 15 is 0 Å². The van der Waals surface area contributed by atoms with Gasteiger partial charge in [-0.2, -0.15) is 5.26 Å². The average molecular weight is 608 g/mol. The standard InChI is InChI=1S/C32H22ClN5O4S/c1-17-3-5-21(30-27(17)24(16-43-30)32(40)41)22-13-20(33)4-6-26(22)42-12-11-38-18(2)37-25-15-36-29(19-7-9-35-10-8-19)23(14-34)28(25)31(38)39/h3-10,13,15-16H,11-12H2,1-2H3,(H,40,41). The van der Waals surface area contributed by atoms with Crippen molar-refractivity contribution in [3.8, 4) is 34.2 Å². The molecule has 6 aromatic rings. The van der Waals surface area contributed by atoms with E-state index in [1.807, 2.05) is 19.1 Å². The predicted molar refractivity (Wildman–Crippen MR) is 166 cm³/mol. The number of carboxylic acids is 1. The van der Waals surface area contributed by atoms with Crippen molar-refractivity contribution in [1.29, 1.82) is 5.26 Å². The fourth-order valence-electron chi connectivity index (χ4n) is 5.19. The predicted octanol–water partition coefficient (Wildman–Crippen LogP) is 6.65. The molecule has 1 N–H and O–H groups in total. The van der Waals surface area contributed by atoms with E-state index in [1.165, 1.54) is 22.1 Å². The van der Waals surface area contributed by atoms with Crippen LogP contribution in [0.3, 0.4) is 0 Å². The molecule has 0 aliphatic heterocycles. The smallest absolute Gasteiger partial charge is 0.337 e. The first-order valence-electron chi connectivity index (χ1n) is 13.2. The molecule has 0 spiro atoms. The second kappa shape index (κ2) is 11.3. The van der Waals surface area contributed by atoms with Gasteiger partial charge in [0.2, 0.25) is 0 Å². The van der Waals surface area contributed by atoms with Crippen molar-refractivity contribution in [2.45, 2.75) is 20.4 Å². The minimum absolute atomic E-state index is 0.118. The molecule has 0 radical (unpaired) electrons. The third-order valence-corrected chi connectivity index (χ3v) is 8.47. The lowest BCUT2D eigenvalue weighted by atomic mass is 9.98. The second-order valence-corrected chi connectivity index (χ2v) is 11.1. The van der Waals surface area contributed by atoms with Gasteiger partial charge in [0.05, 0.1) is 40.5 Å². The molecule has 0 aliphatic rings. The number of benzene rings is 2. The largest absolute Gasteiger partial charge is 0.491 e. The van der Waals surface area contributed by atoms with Gasteiger partial charge in [0.1, 0.15) is 24.3 Å². The van der Waals surface area contributed by atoms with Crippen molar-refractivity contribution in [3.63, 3.8) is 0 Å². The molecule has 0 bridgehead atoms. The van der Waals surface area contributed by atoms with E-state index in [1.54, 1.807) is 55.0 Å². The van der Waals surface area contributed by atoms with Gasteiger partial charge in [0.15, 0.2) is 0 Å². The number of halogens is 1. The van der Waals surface area contributed by atoms with Crippen molar-refractivity contribution in [3.05, 3.63) is 104 Å². The van der Waals surface area contributed by atoms with Crippen molar-refractivity contribution in [2.75, 3.05) is 6.61 Å². The zero-order chi connectivity index (χ0) is 30.2. The number of aryl methyl sites for hydroxylation is 2. The van der Waals surface area contributed by atoms with Gasteiger partial charge in [-0.05, 0) is 49.7 Å². The topological polar surface area (TPSA) is 131 Å². The minimum atomic E-state index is -0.984. The number of carbonyl (C=O) groups is 1. The lowest BCUT2D eigenvalue weighted by Crippen LogP contribution is -2.27. The summed E-state index contributed by atoms with van der Waals surface area (Å²) in [6, 6.07) is 14.7. The Kier molecular flexibility index (Phi) is 7.36. The number of hydrogen-bond acceptors (Lipinski definition) is 8.